The number of rotatable bonds is 5. The highest BCUT2D eigenvalue weighted by atomic mass is 79.9. The summed E-state index contributed by atoms with van der Waals surface area (Å²) in [7, 11) is 3.19. The molecule has 3 rings (SSSR count). The molecule has 2 aromatic rings. The Morgan fingerprint density at radius 1 is 1.13 bits per heavy atom. The molecule has 5 heteroatoms. The van der Waals surface area contributed by atoms with Gasteiger partial charge >= 0.3 is 0 Å². The molecular formula is C18H18BrNO2S. The molecule has 1 fully saturated rings. The van der Waals surface area contributed by atoms with Crippen molar-refractivity contribution in [3.63, 3.8) is 0 Å². The molecule has 2 aromatic carbocycles. The van der Waals surface area contributed by atoms with Crippen LogP contribution in [-0.4, -0.2) is 30.4 Å². The molecule has 0 heterocycles. The van der Waals surface area contributed by atoms with Gasteiger partial charge in [0, 0.05) is 27.6 Å². The highest BCUT2D eigenvalue weighted by Gasteiger charge is 2.57. The summed E-state index contributed by atoms with van der Waals surface area (Å²) in [4.78, 5) is 18.8. The zero-order valence-corrected chi connectivity index (χ0v) is 15.4. The lowest BCUT2D eigenvalue weighted by atomic mass is 10.1. The van der Waals surface area contributed by atoms with Crippen LogP contribution in [0.3, 0.4) is 0 Å². The molecule has 0 aromatic heterocycles. The standard InChI is InChI=1S/C18H18BrNO2S/c1-20(22-2)18(21)16-15(12-8-10-13(19)11-9-12)17(16)23-14-6-4-3-5-7-14/h3-11,15-17H,1-2H3/t15-,16-,17-/m1/s1. The summed E-state index contributed by atoms with van der Waals surface area (Å²) in [6.07, 6.45) is 0. The van der Waals surface area contributed by atoms with Gasteiger partial charge in [0.2, 0.25) is 0 Å². The number of carbonyl (C=O) groups is 1. The Morgan fingerprint density at radius 3 is 2.39 bits per heavy atom. The van der Waals surface area contributed by atoms with Crippen LogP contribution >= 0.6 is 27.7 Å². The topological polar surface area (TPSA) is 29.5 Å². The van der Waals surface area contributed by atoms with Crippen molar-refractivity contribution >= 4 is 33.6 Å². The number of halogens is 1. The van der Waals surface area contributed by atoms with Crippen molar-refractivity contribution in [3.8, 4) is 0 Å². The molecule has 3 nitrogen and oxygen atoms in total. The van der Waals surface area contributed by atoms with Crippen LogP contribution in [-0.2, 0) is 9.63 Å². The van der Waals surface area contributed by atoms with Gasteiger partial charge in [0.25, 0.3) is 5.91 Å². The molecule has 0 unspecified atom stereocenters. The number of thioether (sulfide) groups is 1. The van der Waals surface area contributed by atoms with E-state index < -0.39 is 0 Å². The van der Waals surface area contributed by atoms with Crippen LogP contribution in [0.1, 0.15) is 11.5 Å². The maximum Gasteiger partial charge on any atom is 0.250 e. The molecule has 0 spiro atoms. The Bertz CT molecular complexity index is 677. The molecular weight excluding hydrogens is 374 g/mol. The Morgan fingerprint density at radius 2 is 1.78 bits per heavy atom. The van der Waals surface area contributed by atoms with Gasteiger partial charge < -0.3 is 0 Å². The first-order valence-electron chi connectivity index (χ1n) is 7.40. The van der Waals surface area contributed by atoms with E-state index >= 15 is 0 Å². The second-order valence-corrected chi connectivity index (χ2v) is 7.68. The third kappa shape index (κ3) is 3.62. The Hall–Kier alpha value is -1.30. The predicted molar refractivity (Wildman–Crippen MR) is 96.2 cm³/mol. The van der Waals surface area contributed by atoms with Gasteiger partial charge in [-0.2, -0.15) is 0 Å². The Kier molecular flexibility index (Phi) is 5.09. The van der Waals surface area contributed by atoms with E-state index in [0.717, 1.165) is 4.47 Å². The van der Waals surface area contributed by atoms with E-state index in [1.165, 1.54) is 22.6 Å². The van der Waals surface area contributed by atoms with Crippen molar-refractivity contribution in [1.82, 2.24) is 5.06 Å². The lowest BCUT2D eigenvalue weighted by molar-refractivity contribution is -0.170. The smallest absolute Gasteiger partial charge is 0.250 e. The molecule has 23 heavy (non-hydrogen) atoms. The van der Waals surface area contributed by atoms with E-state index in [9.17, 15) is 4.79 Å². The fourth-order valence-electron chi connectivity index (χ4n) is 2.76. The maximum absolute atomic E-state index is 12.6. The van der Waals surface area contributed by atoms with E-state index in [1.54, 1.807) is 18.8 Å². The second kappa shape index (κ2) is 7.07. The largest absolute Gasteiger partial charge is 0.275 e. The van der Waals surface area contributed by atoms with Crippen LogP contribution in [0.5, 0.6) is 0 Å². The normalized spacial score (nSPS) is 22.7. The second-order valence-electron chi connectivity index (χ2n) is 5.52. The van der Waals surface area contributed by atoms with Gasteiger partial charge in [0.05, 0.1) is 13.0 Å². The molecule has 0 bridgehead atoms. The molecule has 0 saturated heterocycles. The summed E-state index contributed by atoms with van der Waals surface area (Å²) >= 11 is 5.23. The number of hydrogen-bond acceptors (Lipinski definition) is 3. The molecule has 3 atom stereocenters. The summed E-state index contributed by atoms with van der Waals surface area (Å²) in [5.74, 6) is 0.207. The van der Waals surface area contributed by atoms with Crippen LogP contribution in [0, 0.1) is 5.92 Å². The van der Waals surface area contributed by atoms with E-state index in [1.807, 2.05) is 30.3 Å². The average molecular weight is 392 g/mol. The fourth-order valence-corrected chi connectivity index (χ4v) is 4.47. The van der Waals surface area contributed by atoms with Crippen LogP contribution in [0.2, 0.25) is 0 Å². The van der Waals surface area contributed by atoms with Gasteiger partial charge in [-0.05, 0) is 29.8 Å². The quantitative estimate of drug-likeness (QED) is 0.709. The van der Waals surface area contributed by atoms with Gasteiger partial charge in [0.15, 0.2) is 0 Å². The van der Waals surface area contributed by atoms with Gasteiger partial charge in [-0.1, -0.05) is 46.3 Å². The fraction of sp³-hybridized carbons (Fsp3) is 0.278. The van der Waals surface area contributed by atoms with Crippen molar-refractivity contribution in [1.29, 1.82) is 0 Å². The SMILES string of the molecule is CON(C)C(=O)[C@H]1[C@H](Sc2ccccc2)[C@@H]1c1ccc(Br)cc1. The lowest BCUT2D eigenvalue weighted by Crippen LogP contribution is -2.28. The van der Waals surface area contributed by atoms with Crippen LogP contribution < -0.4 is 0 Å². The van der Waals surface area contributed by atoms with Gasteiger partial charge in [0.1, 0.15) is 0 Å². The Balaban J connectivity index is 1.82. The van der Waals surface area contributed by atoms with Crippen molar-refractivity contribution in [2.75, 3.05) is 14.2 Å². The minimum absolute atomic E-state index is 0.0360. The summed E-state index contributed by atoms with van der Waals surface area (Å²) < 4.78 is 1.05. The zero-order chi connectivity index (χ0) is 16.4. The summed E-state index contributed by atoms with van der Waals surface area (Å²) in [6, 6.07) is 18.5. The lowest BCUT2D eigenvalue weighted by Gasteiger charge is -2.13. The Labute approximate surface area is 149 Å². The predicted octanol–water partition coefficient (Wildman–Crippen LogP) is 4.34. The van der Waals surface area contributed by atoms with E-state index in [-0.39, 0.29) is 23.0 Å². The molecule has 0 radical (unpaired) electrons. The number of nitrogens with zero attached hydrogens (tertiary/aromatic N) is 1. The van der Waals surface area contributed by atoms with Crippen LogP contribution in [0.15, 0.2) is 64.0 Å². The summed E-state index contributed by atoms with van der Waals surface area (Å²) in [6.45, 7) is 0. The van der Waals surface area contributed by atoms with Crippen molar-refractivity contribution < 1.29 is 9.63 Å². The van der Waals surface area contributed by atoms with Crippen LogP contribution in [0.4, 0.5) is 0 Å². The van der Waals surface area contributed by atoms with Gasteiger partial charge in [-0.25, -0.2) is 5.06 Å². The molecule has 1 aliphatic carbocycles. The third-order valence-electron chi connectivity index (χ3n) is 4.09. The first-order chi connectivity index (χ1) is 11.1. The minimum atomic E-state index is -0.0497. The van der Waals surface area contributed by atoms with Crippen molar-refractivity contribution in [3.05, 3.63) is 64.6 Å². The van der Waals surface area contributed by atoms with Crippen molar-refractivity contribution in [2.45, 2.75) is 16.1 Å². The van der Waals surface area contributed by atoms with Crippen molar-refractivity contribution in [2.24, 2.45) is 5.92 Å². The highest BCUT2D eigenvalue weighted by molar-refractivity contribution is 9.10. The number of benzene rings is 2. The molecule has 0 N–H and O–H groups in total. The average Bonchev–Trinajstić information content (AvgIpc) is 3.28. The number of hydrogen-bond donors (Lipinski definition) is 0. The van der Waals surface area contributed by atoms with Gasteiger partial charge in [-0.15, -0.1) is 11.8 Å². The summed E-state index contributed by atoms with van der Waals surface area (Å²) in [5, 5.41) is 1.57. The first-order valence-corrected chi connectivity index (χ1v) is 9.08. The molecule has 1 aliphatic rings. The van der Waals surface area contributed by atoms with E-state index in [0.29, 0.717) is 0 Å². The monoisotopic (exact) mass is 391 g/mol. The number of amides is 1. The number of hydroxylamine groups is 2. The molecule has 1 saturated carbocycles. The third-order valence-corrected chi connectivity index (χ3v) is 6.03. The molecule has 0 aliphatic heterocycles. The molecule has 1 amide bonds. The summed E-state index contributed by atoms with van der Waals surface area (Å²) in [5.41, 5.74) is 1.20. The highest BCUT2D eigenvalue weighted by Crippen LogP contribution is 2.57. The maximum atomic E-state index is 12.6. The first kappa shape index (κ1) is 16.6. The minimum Gasteiger partial charge on any atom is -0.275 e. The van der Waals surface area contributed by atoms with E-state index in [4.69, 9.17) is 4.84 Å². The number of carbonyl (C=O) groups excluding carboxylic acids is 1. The van der Waals surface area contributed by atoms with E-state index in [2.05, 4.69) is 40.2 Å². The zero-order valence-electron chi connectivity index (χ0n) is 13.0. The molecule has 120 valence electrons. The van der Waals surface area contributed by atoms with Crippen LogP contribution in [0.25, 0.3) is 0 Å². The van der Waals surface area contributed by atoms with Gasteiger partial charge in [-0.3, -0.25) is 9.63 Å².